The zero-order valence-corrected chi connectivity index (χ0v) is 13.7. The summed E-state index contributed by atoms with van der Waals surface area (Å²) in [7, 11) is 0. The molecule has 6 heteroatoms. The van der Waals surface area contributed by atoms with Crippen molar-refractivity contribution < 1.29 is 23.0 Å². The average Bonchev–Trinajstić information content (AvgIpc) is 2.60. The smallest absolute Gasteiger partial charge is 0.428 e. The summed E-state index contributed by atoms with van der Waals surface area (Å²) in [6.45, 7) is 11.1. The number of ether oxygens (including phenoxy) is 2. The molecule has 0 aromatic heterocycles. The van der Waals surface area contributed by atoms with Crippen molar-refractivity contribution >= 4 is 11.7 Å². The molecular weight excluding hydrogens is 318 g/mol. The van der Waals surface area contributed by atoms with Gasteiger partial charge in [0.05, 0.1) is 5.57 Å². The lowest BCUT2D eigenvalue weighted by atomic mass is 10.0. The normalized spacial score (nSPS) is 12.0. The van der Waals surface area contributed by atoms with Gasteiger partial charge in [0.2, 0.25) is 5.43 Å². The third-order valence-electron chi connectivity index (χ3n) is 2.62. The molecule has 0 radical (unpaired) electrons. The molecule has 1 rings (SSSR count). The highest BCUT2D eigenvalue weighted by atomic mass is 19.1. The Balaban J connectivity index is 3.54. The molecule has 4 nitrogen and oxygen atoms in total. The first-order valence-corrected chi connectivity index (χ1v) is 6.98. The topological polar surface area (TPSA) is 52.6 Å². The van der Waals surface area contributed by atoms with Gasteiger partial charge < -0.3 is 9.47 Å². The molecule has 0 saturated heterocycles. The fourth-order valence-corrected chi connectivity index (χ4v) is 1.74. The van der Waals surface area contributed by atoms with E-state index < -0.39 is 40.2 Å². The van der Waals surface area contributed by atoms with Crippen LogP contribution in [0.2, 0.25) is 0 Å². The fraction of sp³-hybridized carbons (Fsp3) is 0.222. The van der Waals surface area contributed by atoms with E-state index in [0.29, 0.717) is 0 Å². The summed E-state index contributed by atoms with van der Waals surface area (Å²) in [4.78, 5) is 24.0. The van der Waals surface area contributed by atoms with Crippen LogP contribution in [0, 0.1) is 0 Å². The molecule has 24 heavy (non-hydrogen) atoms. The largest absolute Gasteiger partial charge is 0.514 e. The lowest BCUT2D eigenvalue weighted by Crippen LogP contribution is -2.27. The van der Waals surface area contributed by atoms with Gasteiger partial charge in [0.25, 0.3) is 0 Å². The van der Waals surface area contributed by atoms with Crippen molar-refractivity contribution in [2.24, 2.45) is 0 Å². The van der Waals surface area contributed by atoms with E-state index in [0.717, 1.165) is 12.1 Å². The van der Waals surface area contributed by atoms with E-state index in [1.165, 1.54) is 18.2 Å². The van der Waals surface area contributed by atoms with Crippen LogP contribution >= 0.6 is 0 Å². The summed E-state index contributed by atoms with van der Waals surface area (Å²) in [5.41, 5.74) is -2.53. The highest BCUT2D eigenvalue weighted by molar-refractivity contribution is 5.83. The van der Waals surface area contributed by atoms with Crippen LogP contribution in [0.3, 0.4) is 0 Å². The minimum Gasteiger partial charge on any atom is -0.428 e. The van der Waals surface area contributed by atoms with Crippen LogP contribution in [0.4, 0.5) is 13.6 Å². The molecule has 0 bridgehead atoms. The van der Waals surface area contributed by atoms with Crippen molar-refractivity contribution in [2.75, 3.05) is 0 Å². The molecule has 0 amide bonds. The van der Waals surface area contributed by atoms with Crippen molar-refractivity contribution in [3.05, 3.63) is 70.9 Å². The van der Waals surface area contributed by atoms with Crippen LogP contribution in [-0.4, -0.2) is 11.8 Å². The number of halogens is 2. The standard InChI is InChI=1S/C18H18F2O4/c1-6-13(20)15(11(2)19)12-9-7-8-10-14(21)16(12)23-17(22)24-18(3,4)5/h6-10H,1-2H2,3-5H3/b15-13-. The molecule has 0 N–H and O–H groups in total. The van der Waals surface area contributed by atoms with Crippen LogP contribution in [0.5, 0.6) is 5.75 Å². The molecule has 0 fully saturated rings. The predicted octanol–water partition coefficient (Wildman–Crippen LogP) is 4.71. The van der Waals surface area contributed by atoms with E-state index in [1.807, 2.05) is 0 Å². The van der Waals surface area contributed by atoms with Gasteiger partial charge in [0.15, 0.2) is 5.75 Å². The summed E-state index contributed by atoms with van der Waals surface area (Å²) in [5, 5.41) is 0. The number of carbonyl (C=O) groups excluding carboxylic acids is 1. The monoisotopic (exact) mass is 336 g/mol. The molecule has 128 valence electrons. The lowest BCUT2D eigenvalue weighted by molar-refractivity contribution is 0.0203. The van der Waals surface area contributed by atoms with Gasteiger partial charge in [-0.25, -0.2) is 13.6 Å². The Hall–Kier alpha value is -2.76. The van der Waals surface area contributed by atoms with Crippen LogP contribution in [0.15, 0.2) is 59.9 Å². The summed E-state index contributed by atoms with van der Waals surface area (Å²) in [6.07, 6.45) is -0.413. The van der Waals surface area contributed by atoms with Crippen LogP contribution < -0.4 is 10.2 Å². The third-order valence-corrected chi connectivity index (χ3v) is 2.62. The van der Waals surface area contributed by atoms with Gasteiger partial charge in [-0.15, -0.1) is 0 Å². The first-order valence-electron chi connectivity index (χ1n) is 6.98. The Morgan fingerprint density at radius 1 is 1.21 bits per heavy atom. The summed E-state index contributed by atoms with van der Waals surface area (Å²) in [5.74, 6) is -2.77. The van der Waals surface area contributed by atoms with Crippen LogP contribution in [-0.2, 0) is 4.74 Å². The van der Waals surface area contributed by atoms with E-state index in [-0.39, 0.29) is 5.56 Å². The quantitative estimate of drug-likeness (QED) is 0.590. The Morgan fingerprint density at radius 3 is 2.29 bits per heavy atom. The molecule has 0 unspecified atom stereocenters. The Bertz CT molecular complexity index is 758. The molecule has 0 aliphatic rings. The maximum atomic E-state index is 14.0. The van der Waals surface area contributed by atoms with Gasteiger partial charge in [-0.3, -0.25) is 4.79 Å². The predicted molar refractivity (Wildman–Crippen MR) is 88.0 cm³/mol. The molecule has 0 atom stereocenters. The van der Waals surface area contributed by atoms with Crippen LogP contribution in [0.25, 0.3) is 5.57 Å². The molecule has 0 saturated carbocycles. The molecule has 0 aliphatic carbocycles. The zero-order valence-electron chi connectivity index (χ0n) is 13.7. The SMILES string of the molecule is C=C/C(F)=C(\C(=C)F)c1ccccc(=O)c1OC(=O)OC(C)(C)C. The van der Waals surface area contributed by atoms with Crippen molar-refractivity contribution in [3.63, 3.8) is 0 Å². The number of carbonyl (C=O) groups is 1. The minimum absolute atomic E-state index is 0.277. The van der Waals surface area contributed by atoms with Crippen molar-refractivity contribution in [2.45, 2.75) is 26.4 Å². The van der Waals surface area contributed by atoms with Gasteiger partial charge in [0.1, 0.15) is 17.3 Å². The zero-order chi connectivity index (χ0) is 18.5. The van der Waals surface area contributed by atoms with Gasteiger partial charge in [0, 0.05) is 5.56 Å². The van der Waals surface area contributed by atoms with Gasteiger partial charge in [-0.2, -0.15) is 0 Å². The Morgan fingerprint density at radius 2 is 1.79 bits per heavy atom. The minimum atomic E-state index is -1.17. The van der Waals surface area contributed by atoms with Crippen molar-refractivity contribution in [1.82, 2.24) is 0 Å². The fourth-order valence-electron chi connectivity index (χ4n) is 1.74. The summed E-state index contributed by atoms with van der Waals surface area (Å²) >= 11 is 0. The van der Waals surface area contributed by atoms with E-state index in [1.54, 1.807) is 20.8 Å². The number of rotatable bonds is 4. The lowest BCUT2D eigenvalue weighted by Gasteiger charge is -2.19. The molecular formula is C18H18F2O4. The third kappa shape index (κ3) is 5.15. The molecule has 0 spiro atoms. The number of hydrogen-bond donors (Lipinski definition) is 0. The number of hydrogen-bond acceptors (Lipinski definition) is 4. The molecule has 0 aliphatic heterocycles. The Kier molecular flexibility index (Phi) is 6.17. The van der Waals surface area contributed by atoms with E-state index in [9.17, 15) is 18.4 Å². The summed E-state index contributed by atoms with van der Waals surface area (Å²) < 4.78 is 37.6. The second-order valence-electron chi connectivity index (χ2n) is 5.72. The molecule has 1 aromatic rings. The van der Waals surface area contributed by atoms with E-state index >= 15 is 0 Å². The second-order valence-corrected chi connectivity index (χ2v) is 5.72. The number of allylic oxidation sites excluding steroid dienone is 4. The first-order chi connectivity index (χ1) is 11.1. The van der Waals surface area contributed by atoms with Gasteiger partial charge >= 0.3 is 6.16 Å². The maximum absolute atomic E-state index is 14.0. The maximum Gasteiger partial charge on any atom is 0.514 e. The second kappa shape index (κ2) is 7.68. The van der Waals surface area contributed by atoms with Crippen molar-refractivity contribution in [3.8, 4) is 5.75 Å². The molecule has 1 aromatic carbocycles. The van der Waals surface area contributed by atoms with Gasteiger partial charge in [-0.05, 0) is 32.9 Å². The van der Waals surface area contributed by atoms with Gasteiger partial charge in [-0.1, -0.05) is 31.4 Å². The van der Waals surface area contributed by atoms with E-state index in [4.69, 9.17) is 9.47 Å². The first kappa shape index (κ1) is 19.3. The highest BCUT2D eigenvalue weighted by Crippen LogP contribution is 2.32. The Labute approximate surface area is 138 Å². The highest BCUT2D eigenvalue weighted by Gasteiger charge is 2.23. The van der Waals surface area contributed by atoms with E-state index in [2.05, 4.69) is 13.2 Å². The average molecular weight is 336 g/mol. The summed E-state index contributed by atoms with van der Waals surface area (Å²) in [6, 6.07) is 5.04. The molecule has 0 heterocycles. The van der Waals surface area contributed by atoms with Crippen LogP contribution in [0.1, 0.15) is 26.3 Å². The van der Waals surface area contributed by atoms with Crippen molar-refractivity contribution in [1.29, 1.82) is 0 Å².